The topological polar surface area (TPSA) is 103 Å². The first-order valence-corrected chi connectivity index (χ1v) is 7.07. The lowest BCUT2D eigenvalue weighted by Gasteiger charge is -2.37. The molecule has 1 aliphatic rings. The molecule has 0 amide bonds. The van der Waals surface area contributed by atoms with Crippen molar-refractivity contribution in [3.05, 3.63) is 30.3 Å². The molecule has 7 nitrogen and oxygen atoms in total. The third-order valence-electron chi connectivity index (χ3n) is 3.29. The number of nitrogens with zero attached hydrogens (tertiary/aromatic N) is 4. The molecule has 5 N–H and O–H groups in total. The second-order valence-electron chi connectivity index (χ2n) is 4.79. The predicted molar refractivity (Wildman–Crippen MR) is 84.7 cm³/mol. The average Bonchev–Trinajstić information content (AvgIpc) is 2.50. The molecule has 0 atom stereocenters. The zero-order chi connectivity index (χ0) is 15.1. The Morgan fingerprint density at radius 3 is 2.43 bits per heavy atom. The Balaban J connectivity index is 2.29. The highest BCUT2D eigenvalue weighted by Crippen LogP contribution is 2.19. The lowest BCUT2D eigenvalue weighted by molar-refractivity contribution is 0.236. The molecule has 0 saturated carbocycles. The van der Waals surface area contributed by atoms with E-state index in [1.54, 1.807) is 0 Å². The van der Waals surface area contributed by atoms with Crippen LogP contribution in [0.2, 0.25) is 0 Å². The maximum Gasteiger partial charge on any atom is 0.220 e. The fraction of sp³-hybridized carbons (Fsp3) is 0.429. The summed E-state index contributed by atoms with van der Waals surface area (Å²) in [7, 11) is 0. The second-order valence-corrected chi connectivity index (χ2v) is 4.79. The quantitative estimate of drug-likeness (QED) is 0.554. The number of hydrazine groups is 1. The van der Waals surface area contributed by atoms with Crippen molar-refractivity contribution in [2.45, 2.75) is 19.3 Å². The van der Waals surface area contributed by atoms with E-state index in [1.807, 2.05) is 35.3 Å². The van der Waals surface area contributed by atoms with Crippen LogP contribution in [0.25, 0.3) is 0 Å². The van der Waals surface area contributed by atoms with E-state index in [-0.39, 0.29) is 11.9 Å². The fourth-order valence-electron chi connectivity index (χ4n) is 2.36. The molecule has 1 saturated heterocycles. The van der Waals surface area contributed by atoms with Crippen molar-refractivity contribution in [2.75, 3.05) is 24.8 Å². The standard InChI is InChI=1S/C14H22N6O/c15-13(17-11-21)18-14(16)20(12-7-3-1-4-8-12)19-9-5-2-6-10-19/h1,3-4,7-8,21H,2,5-6,9-11H2,(H4,15,16,17,18). The van der Waals surface area contributed by atoms with Crippen molar-refractivity contribution in [1.82, 2.24) is 5.01 Å². The summed E-state index contributed by atoms with van der Waals surface area (Å²) in [5.74, 6) is 0.214. The monoisotopic (exact) mass is 290 g/mol. The second kappa shape index (κ2) is 7.61. The Morgan fingerprint density at radius 1 is 1.14 bits per heavy atom. The first kappa shape index (κ1) is 15.3. The highest BCUT2D eigenvalue weighted by molar-refractivity contribution is 6.01. The van der Waals surface area contributed by atoms with Crippen LogP contribution >= 0.6 is 0 Å². The molecule has 1 aromatic carbocycles. The van der Waals surface area contributed by atoms with E-state index in [0.717, 1.165) is 31.6 Å². The van der Waals surface area contributed by atoms with E-state index in [1.165, 1.54) is 6.42 Å². The molecule has 0 aliphatic carbocycles. The minimum atomic E-state index is -0.405. The first-order valence-electron chi connectivity index (χ1n) is 7.07. The number of para-hydroxylation sites is 1. The largest absolute Gasteiger partial charge is 0.374 e. The smallest absolute Gasteiger partial charge is 0.220 e. The van der Waals surface area contributed by atoms with Gasteiger partial charge in [-0.1, -0.05) is 24.6 Å². The van der Waals surface area contributed by atoms with Gasteiger partial charge in [0.1, 0.15) is 6.73 Å². The third kappa shape index (κ3) is 4.17. The molecule has 114 valence electrons. The fourth-order valence-corrected chi connectivity index (χ4v) is 2.36. The maximum absolute atomic E-state index is 8.75. The summed E-state index contributed by atoms with van der Waals surface area (Å²) in [5.41, 5.74) is 12.6. The molecule has 0 aromatic heterocycles. The number of aliphatic hydroxyl groups excluding tert-OH is 1. The number of aliphatic imine (C=N–C) groups is 2. The summed E-state index contributed by atoms with van der Waals surface area (Å²) >= 11 is 0. The lowest BCUT2D eigenvalue weighted by Crippen LogP contribution is -2.52. The highest BCUT2D eigenvalue weighted by atomic mass is 16.3. The number of hydrogen-bond acceptors (Lipinski definition) is 3. The van der Waals surface area contributed by atoms with Gasteiger partial charge in [0.25, 0.3) is 0 Å². The number of benzene rings is 1. The SMILES string of the molecule is NC(=NCO)N=C(N)N(c1ccccc1)N1CCCCC1. The van der Waals surface area contributed by atoms with Crippen LogP contribution < -0.4 is 16.5 Å². The van der Waals surface area contributed by atoms with Crippen LogP contribution in [-0.2, 0) is 0 Å². The highest BCUT2D eigenvalue weighted by Gasteiger charge is 2.21. The van der Waals surface area contributed by atoms with Gasteiger partial charge in [-0.3, -0.25) is 0 Å². The van der Waals surface area contributed by atoms with Gasteiger partial charge in [0, 0.05) is 13.1 Å². The molecular formula is C14H22N6O. The molecule has 0 radical (unpaired) electrons. The number of aliphatic hydroxyl groups is 1. The third-order valence-corrected chi connectivity index (χ3v) is 3.29. The van der Waals surface area contributed by atoms with Crippen molar-refractivity contribution in [1.29, 1.82) is 0 Å². The normalized spacial score (nSPS) is 17.8. The number of guanidine groups is 2. The van der Waals surface area contributed by atoms with Crippen LogP contribution in [0.4, 0.5) is 5.69 Å². The summed E-state index contributed by atoms with van der Waals surface area (Å²) in [6, 6.07) is 9.79. The summed E-state index contributed by atoms with van der Waals surface area (Å²) in [5, 5.41) is 12.8. The molecule has 0 unspecified atom stereocenters. The summed E-state index contributed by atoms with van der Waals surface area (Å²) in [4.78, 5) is 7.69. The van der Waals surface area contributed by atoms with Crippen LogP contribution in [0.3, 0.4) is 0 Å². The van der Waals surface area contributed by atoms with Crippen LogP contribution in [0.5, 0.6) is 0 Å². The number of nitrogens with two attached hydrogens (primary N) is 2. The Bertz CT molecular complexity index is 495. The summed E-state index contributed by atoms with van der Waals surface area (Å²) in [6.07, 6.45) is 3.47. The van der Waals surface area contributed by atoms with E-state index < -0.39 is 6.73 Å². The molecule has 2 rings (SSSR count). The zero-order valence-corrected chi connectivity index (χ0v) is 12.0. The van der Waals surface area contributed by atoms with Crippen molar-refractivity contribution >= 4 is 17.6 Å². The molecule has 7 heteroatoms. The predicted octanol–water partition coefficient (Wildman–Crippen LogP) is 0.473. The number of anilines is 1. The van der Waals surface area contributed by atoms with E-state index in [2.05, 4.69) is 15.0 Å². The maximum atomic E-state index is 8.75. The van der Waals surface area contributed by atoms with Gasteiger partial charge in [-0.05, 0) is 25.0 Å². The van der Waals surface area contributed by atoms with Gasteiger partial charge in [0.15, 0.2) is 0 Å². The van der Waals surface area contributed by atoms with Crippen LogP contribution in [0.15, 0.2) is 40.3 Å². The van der Waals surface area contributed by atoms with Crippen LogP contribution in [-0.4, -0.2) is 41.9 Å². The lowest BCUT2D eigenvalue weighted by atomic mass is 10.1. The Hall–Kier alpha value is -2.12. The van der Waals surface area contributed by atoms with E-state index in [0.29, 0.717) is 0 Å². The Labute approximate surface area is 124 Å². The zero-order valence-electron chi connectivity index (χ0n) is 12.0. The Kier molecular flexibility index (Phi) is 5.53. The van der Waals surface area contributed by atoms with Gasteiger partial charge in [0.05, 0.1) is 5.69 Å². The van der Waals surface area contributed by atoms with Crippen molar-refractivity contribution < 1.29 is 5.11 Å². The summed E-state index contributed by atoms with van der Waals surface area (Å²) in [6.45, 7) is 1.43. The first-order chi connectivity index (χ1) is 10.2. The number of piperidine rings is 1. The molecular weight excluding hydrogens is 268 g/mol. The van der Waals surface area contributed by atoms with Crippen LogP contribution in [0, 0.1) is 0 Å². The molecule has 1 aliphatic heterocycles. The van der Waals surface area contributed by atoms with Crippen LogP contribution in [0.1, 0.15) is 19.3 Å². The van der Waals surface area contributed by atoms with Gasteiger partial charge in [-0.2, -0.15) is 4.99 Å². The number of hydrogen-bond donors (Lipinski definition) is 3. The van der Waals surface area contributed by atoms with Gasteiger partial charge in [-0.15, -0.1) is 0 Å². The van der Waals surface area contributed by atoms with Gasteiger partial charge >= 0.3 is 0 Å². The van der Waals surface area contributed by atoms with Gasteiger partial charge in [0.2, 0.25) is 11.9 Å². The van der Waals surface area contributed by atoms with E-state index in [4.69, 9.17) is 16.6 Å². The molecule has 0 spiro atoms. The average molecular weight is 290 g/mol. The Morgan fingerprint density at radius 2 is 1.81 bits per heavy atom. The van der Waals surface area contributed by atoms with Crippen molar-refractivity contribution in [3.63, 3.8) is 0 Å². The van der Waals surface area contributed by atoms with E-state index >= 15 is 0 Å². The summed E-state index contributed by atoms with van der Waals surface area (Å²) < 4.78 is 0. The molecule has 0 bridgehead atoms. The number of rotatable bonds is 3. The molecule has 1 fully saturated rings. The van der Waals surface area contributed by atoms with Crippen molar-refractivity contribution in [2.24, 2.45) is 21.5 Å². The molecule has 21 heavy (non-hydrogen) atoms. The molecule has 1 aromatic rings. The molecule has 1 heterocycles. The van der Waals surface area contributed by atoms with Crippen molar-refractivity contribution in [3.8, 4) is 0 Å². The minimum Gasteiger partial charge on any atom is -0.374 e. The van der Waals surface area contributed by atoms with E-state index in [9.17, 15) is 0 Å². The van der Waals surface area contributed by atoms with Gasteiger partial charge < -0.3 is 16.6 Å². The minimum absolute atomic E-state index is 0.0343. The van der Waals surface area contributed by atoms with Gasteiger partial charge in [-0.25, -0.2) is 15.0 Å².